The number of carbonyl (C=O) groups is 2. The zero-order valence-corrected chi connectivity index (χ0v) is 13.1. The predicted molar refractivity (Wildman–Crippen MR) is 86.1 cm³/mol. The molecule has 1 aromatic carbocycles. The van der Waals surface area contributed by atoms with E-state index in [1.54, 1.807) is 0 Å². The van der Waals surface area contributed by atoms with Gasteiger partial charge in [0.1, 0.15) is 0 Å². The summed E-state index contributed by atoms with van der Waals surface area (Å²) in [6, 6.07) is 6.42. The van der Waals surface area contributed by atoms with E-state index in [1.807, 2.05) is 11.7 Å². The van der Waals surface area contributed by atoms with Crippen LogP contribution in [0.5, 0.6) is 0 Å². The van der Waals surface area contributed by atoms with Gasteiger partial charge in [-0.3, -0.25) is 19.6 Å². The normalized spacial score (nSPS) is 25.1. The van der Waals surface area contributed by atoms with Crippen molar-refractivity contribution in [1.82, 2.24) is 20.4 Å². The number of fused-ring (bicyclic) bond motifs is 1. The molecule has 0 radical (unpaired) electrons. The number of imide groups is 1. The highest BCUT2D eigenvalue weighted by Crippen LogP contribution is 2.32. The maximum absolute atomic E-state index is 12.1. The molecule has 23 heavy (non-hydrogen) atoms. The Morgan fingerprint density at radius 1 is 1.26 bits per heavy atom. The van der Waals surface area contributed by atoms with Crippen LogP contribution in [-0.2, 0) is 16.6 Å². The van der Waals surface area contributed by atoms with Crippen LogP contribution in [0.4, 0.5) is 0 Å². The molecule has 2 atom stereocenters. The lowest BCUT2D eigenvalue weighted by molar-refractivity contribution is -0.134. The van der Waals surface area contributed by atoms with Crippen molar-refractivity contribution in [3.8, 4) is 0 Å². The van der Waals surface area contributed by atoms with Gasteiger partial charge in [0.25, 0.3) is 0 Å². The zero-order valence-electron chi connectivity index (χ0n) is 13.1. The van der Waals surface area contributed by atoms with Crippen LogP contribution in [0.15, 0.2) is 18.2 Å². The molecule has 2 saturated heterocycles. The Bertz CT molecular complexity index is 789. The van der Waals surface area contributed by atoms with Crippen LogP contribution in [0.2, 0.25) is 0 Å². The molecule has 4 rings (SSSR count). The number of hydrogen-bond acceptors (Lipinski definition) is 4. The van der Waals surface area contributed by atoms with Crippen LogP contribution in [0.1, 0.15) is 42.4 Å². The fraction of sp³-hybridized carbons (Fsp3) is 0.471. The summed E-state index contributed by atoms with van der Waals surface area (Å²) < 4.78 is 1.85. The first kappa shape index (κ1) is 14.4. The second kappa shape index (κ2) is 5.45. The fourth-order valence-corrected chi connectivity index (χ4v) is 3.71. The SMILES string of the molecule is Cn1nc(C2CCC(=O)NC2=O)c2ccc([C@@H]3CCNC3)cc21. The Morgan fingerprint density at radius 2 is 2.13 bits per heavy atom. The summed E-state index contributed by atoms with van der Waals surface area (Å²) in [4.78, 5) is 23.5. The Morgan fingerprint density at radius 3 is 2.87 bits per heavy atom. The second-order valence-electron chi connectivity index (χ2n) is 6.48. The van der Waals surface area contributed by atoms with Crippen LogP contribution < -0.4 is 10.6 Å². The van der Waals surface area contributed by atoms with E-state index in [9.17, 15) is 9.59 Å². The van der Waals surface area contributed by atoms with Gasteiger partial charge >= 0.3 is 0 Å². The van der Waals surface area contributed by atoms with E-state index in [1.165, 1.54) is 5.56 Å². The molecular weight excluding hydrogens is 292 g/mol. The molecule has 2 aromatic rings. The number of hydrogen-bond donors (Lipinski definition) is 2. The smallest absolute Gasteiger partial charge is 0.235 e. The van der Waals surface area contributed by atoms with Gasteiger partial charge in [0.15, 0.2) is 0 Å². The highest BCUT2D eigenvalue weighted by molar-refractivity contribution is 6.02. The monoisotopic (exact) mass is 312 g/mol. The Kier molecular flexibility index (Phi) is 3.41. The third kappa shape index (κ3) is 2.43. The number of rotatable bonds is 2. The van der Waals surface area contributed by atoms with E-state index >= 15 is 0 Å². The quantitative estimate of drug-likeness (QED) is 0.816. The van der Waals surface area contributed by atoms with Crippen LogP contribution >= 0.6 is 0 Å². The number of nitrogens with zero attached hydrogens (tertiary/aromatic N) is 2. The molecular formula is C17H20N4O2. The highest BCUT2D eigenvalue weighted by atomic mass is 16.2. The summed E-state index contributed by atoms with van der Waals surface area (Å²) in [5.74, 6) is -0.212. The van der Waals surface area contributed by atoms with Crippen LogP contribution in [0.3, 0.4) is 0 Å². The molecule has 0 aliphatic carbocycles. The van der Waals surface area contributed by atoms with Gasteiger partial charge in [0, 0.05) is 25.4 Å². The summed E-state index contributed by atoms with van der Waals surface area (Å²) in [6.45, 7) is 2.08. The van der Waals surface area contributed by atoms with Crippen LogP contribution in [0.25, 0.3) is 10.9 Å². The van der Waals surface area contributed by atoms with Crippen molar-refractivity contribution in [1.29, 1.82) is 0 Å². The summed E-state index contributed by atoms with van der Waals surface area (Å²) in [7, 11) is 1.91. The number of carbonyl (C=O) groups excluding carboxylic acids is 2. The van der Waals surface area contributed by atoms with Crippen molar-refractivity contribution < 1.29 is 9.59 Å². The van der Waals surface area contributed by atoms with Crippen molar-refractivity contribution in [2.24, 2.45) is 7.05 Å². The molecule has 2 aliphatic heterocycles. The van der Waals surface area contributed by atoms with E-state index in [0.29, 0.717) is 18.8 Å². The molecule has 1 unspecified atom stereocenters. The Labute approximate surface area is 134 Å². The van der Waals surface area contributed by atoms with Crippen molar-refractivity contribution in [3.63, 3.8) is 0 Å². The molecule has 2 amide bonds. The fourth-order valence-electron chi connectivity index (χ4n) is 3.71. The lowest BCUT2D eigenvalue weighted by Gasteiger charge is -2.19. The zero-order chi connectivity index (χ0) is 16.0. The number of aryl methyl sites for hydroxylation is 1. The summed E-state index contributed by atoms with van der Waals surface area (Å²) in [5, 5.41) is 11.4. The first-order chi connectivity index (χ1) is 11.1. The lowest BCUT2D eigenvalue weighted by atomic mass is 9.91. The molecule has 2 N–H and O–H groups in total. The van der Waals surface area contributed by atoms with Gasteiger partial charge in [0.05, 0.1) is 17.1 Å². The van der Waals surface area contributed by atoms with E-state index in [2.05, 4.69) is 33.9 Å². The average molecular weight is 312 g/mol. The van der Waals surface area contributed by atoms with E-state index < -0.39 is 0 Å². The van der Waals surface area contributed by atoms with Crippen molar-refractivity contribution in [3.05, 3.63) is 29.5 Å². The van der Waals surface area contributed by atoms with E-state index in [4.69, 9.17) is 0 Å². The minimum atomic E-state index is -0.338. The maximum Gasteiger partial charge on any atom is 0.235 e. The molecule has 3 heterocycles. The molecule has 0 saturated carbocycles. The standard InChI is InChI=1S/C17H20N4O2/c1-21-14-8-10(11-6-7-18-9-11)2-3-12(14)16(20-21)13-4-5-15(22)19-17(13)23/h2-3,8,11,13,18H,4-7,9H2,1H3,(H,19,22,23)/t11-,13?/m1/s1. The maximum atomic E-state index is 12.1. The number of benzene rings is 1. The first-order valence-corrected chi connectivity index (χ1v) is 8.14. The number of aromatic nitrogens is 2. The predicted octanol–water partition coefficient (Wildman–Crippen LogP) is 1.17. The van der Waals surface area contributed by atoms with Crippen molar-refractivity contribution >= 4 is 22.7 Å². The second-order valence-corrected chi connectivity index (χ2v) is 6.48. The summed E-state index contributed by atoms with van der Waals surface area (Å²) >= 11 is 0. The van der Waals surface area contributed by atoms with Crippen LogP contribution in [0, 0.1) is 0 Å². The molecule has 120 valence electrons. The van der Waals surface area contributed by atoms with Gasteiger partial charge in [-0.25, -0.2) is 0 Å². The minimum absolute atomic E-state index is 0.192. The Hall–Kier alpha value is -2.21. The van der Waals surface area contributed by atoms with Crippen molar-refractivity contribution in [2.45, 2.75) is 31.1 Å². The van der Waals surface area contributed by atoms with Gasteiger partial charge in [-0.1, -0.05) is 12.1 Å². The summed E-state index contributed by atoms with van der Waals surface area (Å²) in [6.07, 6.45) is 2.06. The molecule has 2 aliphatic rings. The molecule has 1 aromatic heterocycles. The van der Waals surface area contributed by atoms with Gasteiger partial charge in [-0.05, 0) is 36.9 Å². The first-order valence-electron chi connectivity index (χ1n) is 8.14. The third-order valence-corrected chi connectivity index (χ3v) is 5.01. The topological polar surface area (TPSA) is 76.0 Å². The molecule has 6 heteroatoms. The minimum Gasteiger partial charge on any atom is -0.316 e. The highest BCUT2D eigenvalue weighted by Gasteiger charge is 2.31. The average Bonchev–Trinajstić information content (AvgIpc) is 3.16. The van der Waals surface area contributed by atoms with Gasteiger partial charge < -0.3 is 5.32 Å². The molecule has 0 bridgehead atoms. The van der Waals surface area contributed by atoms with Gasteiger partial charge in [0.2, 0.25) is 11.8 Å². The molecule has 6 nitrogen and oxygen atoms in total. The third-order valence-electron chi connectivity index (χ3n) is 5.01. The molecule has 2 fully saturated rings. The number of piperidine rings is 1. The molecule has 0 spiro atoms. The number of nitrogens with one attached hydrogen (secondary N) is 2. The van der Waals surface area contributed by atoms with Crippen LogP contribution in [-0.4, -0.2) is 34.7 Å². The lowest BCUT2D eigenvalue weighted by Crippen LogP contribution is -2.39. The largest absolute Gasteiger partial charge is 0.316 e. The Balaban J connectivity index is 1.74. The van der Waals surface area contributed by atoms with Gasteiger partial charge in [-0.2, -0.15) is 5.10 Å². The summed E-state index contributed by atoms with van der Waals surface area (Å²) in [5.41, 5.74) is 3.15. The van der Waals surface area contributed by atoms with E-state index in [0.717, 1.165) is 36.1 Å². The van der Waals surface area contributed by atoms with Crippen molar-refractivity contribution in [2.75, 3.05) is 13.1 Å². The van der Waals surface area contributed by atoms with E-state index in [-0.39, 0.29) is 17.7 Å². The number of amides is 2. The van der Waals surface area contributed by atoms with Gasteiger partial charge in [-0.15, -0.1) is 0 Å².